The molecule has 96 valence electrons. The van der Waals surface area contributed by atoms with Crippen LogP contribution in [0.5, 0.6) is 0 Å². The lowest BCUT2D eigenvalue weighted by Gasteiger charge is -2.30. The number of benzene rings is 1. The van der Waals surface area contributed by atoms with Gasteiger partial charge < -0.3 is 9.64 Å². The molecule has 2 aliphatic heterocycles. The summed E-state index contributed by atoms with van der Waals surface area (Å²) < 4.78 is 5.62. The zero-order valence-corrected chi connectivity index (χ0v) is 11.5. The molecule has 0 N–H and O–H groups in total. The number of nitrogens with zero attached hydrogens (tertiary/aromatic N) is 1. The van der Waals surface area contributed by atoms with Crippen molar-refractivity contribution < 1.29 is 9.53 Å². The Labute approximate surface area is 115 Å². The van der Waals surface area contributed by atoms with Gasteiger partial charge in [0, 0.05) is 16.5 Å². The van der Waals surface area contributed by atoms with Gasteiger partial charge in [0.2, 0.25) is 5.91 Å². The highest BCUT2D eigenvalue weighted by atomic mass is 35.5. The molecule has 2 aliphatic rings. The van der Waals surface area contributed by atoms with E-state index in [1.54, 1.807) is 11.8 Å². The van der Waals surface area contributed by atoms with Crippen LogP contribution in [-0.2, 0) is 9.53 Å². The highest BCUT2D eigenvalue weighted by Crippen LogP contribution is 2.37. The summed E-state index contributed by atoms with van der Waals surface area (Å²) in [5.74, 6) is 0.645. The molecule has 1 amide bonds. The molecule has 5 heteroatoms. The van der Waals surface area contributed by atoms with E-state index >= 15 is 0 Å². The molecule has 0 radical (unpaired) electrons. The molecule has 0 aromatic heterocycles. The fourth-order valence-corrected chi connectivity index (χ4v) is 3.45. The maximum atomic E-state index is 12.1. The Morgan fingerprint density at radius 2 is 2.39 bits per heavy atom. The van der Waals surface area contributed by atoms with Gasteiger partial charge in [-0.15, -0.1) is 11.8 Å². The van der Waals surface area contributed by atoms with E-state index in [4.69, 9.17) is 16.3 Å². The highest BCUT2D eigenvalue weighted by Gasteiger charge is 2.28. The van der Waals surface area contributed by atoms with Crippen LogP contribution in [-0.4, -0.2) is 30.9 Å². The van der Waals surface area contributed by atoms with E-state index in [1.165, 1.54) is 0 Å². The molecule has 0 saturated carbocycles. The largest absolute Gasteiger partial charge is 0.376 e. The zero-order valence-electron chi connectivity index (χ0n) is 9.89. The van der Waals surface area contributed by atoms with Gasteiger partial charge in [-0.2, -0.15) is 0 Å². The van der Waals surface area contributed by atoms with E-state index in [1.807, 2.05) is 23.1 Å². The SMILES string of the molecule is O=C1CSc2ccc(Cl)cc2N1CC1CCCO1. The number of thioether (sulfide) groups is 1. The minimum absolute atomic E-state index is 0.144. The van der Waals surface area contributed by atoms with Gasteiger partial charge in [-0.1, -0.05) is 11.6 Å². The summed E-state index contributed by atoms with van der Waals surface area (Å²) in [7, 11) is 0. The first-order valence-corrected chi connectivity index (χ1v) is 7.45. The summed E-state index contributed by atoms with van der Waals surface area (Å²) in [6.07, 6.45) is 2.29. The van der Waals surface area contributed by atoms with Crippen LogP contribution < -0.4 is 4.90 Å². The molecule has 1 aromatic carbocycles. The average molecular weight is 284 g/mol. The van der Waals surface area contributed by atoms with Gasteiger partial charge >= 0.3 is 0 Å². The molecule has 0 aliphatic carbocycles. The number of carbonyl (C=O) groups is 1. The van der Waals surface area contributed by atoms with E-state index in [9.17, 15) is 4.79 Å². The third-order valence-electron chi connectivity index (χ3n) is 3.27. The quantitative estimate of drug-likeness (QED) is 0.836. The van der Waals surface area contributed by atoms with Crippen LogP contribution >= 0.6 is 23.4 Å². The molecule has 2 heterocycles. The summed E-state index contributed by atoms with van der Waals surface area (Å²) in [4.78, 5) is 15.0. The number of hydrogen-bond donors (Lipinski definition) is 0. The topological polar surface area (TPSA) is 29.5 Å². The van der Waals surface area contributed by atoms with Gasteiger partial charge in [-0.25, -0.2) is 0 Å². The van der Waals surface area contributed by atoms with E-state index < -0.39 is 0 Å². The van der Waals surface area contributed by atoms with E-state index in [0.717, 1.165) is 30.0 Å². The molecule has 1 aromatic rings. The van der Waals surface area contributed by atoms with Crippen molar-refractivity contribution in [3.63, 3.8) is 0 Å². The second-order valence-corrected chi connectivity index (χ2v) is 5.99. The lowest BCUT2D eigenvalue weighted by molar-refractivity contribution is -0.116. The van der Waals surface area contributed by atoms with Gasteiger partial charge in [0.1, 0.15) is 0 Å². The fourth-order valence-electron chi connectivity index (χ4n) is 2.37. The third kappa shape index (κ3) is 2.37. The van der Waals surface area contributed by atoms with E-state index in [2.05, 4.69) is 0 Å². The maximum absolute atomic E-state index is 12.1. The second-order valence-electron chi connectivity index (χ2n) is 4.54. The van der Waals surface area contributed by atoms with Crippen molar-refractivity contribution in [1.82, 2.24) is 0 Å². The Balaban J connectivity index is 1.88. The monoisotopic (exact) mass is 283 g/mol. The number of amides is 1. The summed E-state index contributed by atoms with van der Waals surface area (Å²) >= 11 is 7.60. The highest BCUT2D eigenvalue weighted by molar-refractivity contribution is 8.00. The zero-order chi connectivity index (χ0) is 12.5. The molecule has 1 fully saturated rings. The summed E-state index contributed by atoms with van der Waals surface area (Å²) in [5.41, 5.74) is 0.930. The van der Waals surface area contributed by atoms with Crippen molar-refractivity contribution in [3.8, 4) is 0 Å². The number of fused-ring (bicyclic) bond motifs is 1. The lowest BCUT2D eigenvalue weighted by Crippen LogP contribution is -2.40. The van der Waals surface area contributed by atoms with Crippen molar-refractivity contribution >= 4 is 35.0 Å². The Hall–Kier alpha value is -0.710. The molecule has 0 bridgehead atoms. The number of hydrogen-bond acceptors (Lipinski definition) is 3. The van der Waals surface area contributed by atoms with E-state index in [-0.39, 0.29) is 12.0 Å². The maximum Gasteiger partial charge on any atom is 0.237 e. The average Bonchev–Trinajstić information content (AvgIpc) is 2.86. The third-order valence-corrected chi connectivity index (χ3v) is 4.56. The Bertz CT molecular complexity index is 474. The Morgan fingerprint density at radius 1 is 1.50 bits per heavy atom. The normalized spacial score (nSPS) is 23.3. The molecule has 18 heavy (non-hydrogen) atoms. The van der Waals surface area contributed by atoms with Crippen molar-refractivity contribution in [1.29, 1.82) is 0 Å². The van der Waals surface area contributed by atoms with Crippen LogP contribution in [0.1, 0.15) is 12.8 Å². The van der Waals surface area contributed by atoms with Crippen LogP contribution in [0, 0.1) is 0 Å². The first-order chi connectivity index (χ1) is 8.74. The van der Waals surface area contributed by atoms with Crippen molar-refractivity contribution in [2.45, 2.75) is 23.8 Å². The number of anilines is 1. The van der Waals surface area contributed by atoms with Crippen LogP contribution in [0.3, 0.4) is 0 Å². The molecule has 0 spiro atoms. The van der Waals surface area contributed by atoms with Crippen molar-refractivity contribution in [2.24, 2.45) is 0 Å². The predicted octanol–water partition coefficient (Wildman–Crippen LogP) is 2.96. The first kappa shape index (κ1) is 12.3. The molecule has 3 rings (SSSR count). The number of carbonyl (C=O) groups excluding carboxylic acids is 1. The fraction of sp³-hybridized carbons (Fsp3) is 0.462. The molecule has 1 saturated heterocycles. The lowest BCUT2D eigenvalue weighted by atomic mass is 10.2. The summed E-state index contributed by atoms with van der Waals surface area (Å²) in [6.45, 7) is 1.45. The standard InChI is InChI=1S/C13H14ClNO2S/c14-9-3-4-12-11(6-9)15(13(16)8-18-12)7-10-2-1-5-17-10/h3-4,6,10H,1-2,5,7-8H2. The van der Waals surface area contributed by atoms with Crippen LogP contribution in [0.4, 0.5) is 5.69 Å². The Morgan fingerprint density at radius 3 is 3.17 bits per heavy atom. The van der Waals surface area contributed by atoms with Crippen molar-refractivity contribution in [3.05, 3.63) is 23.2 Å². The van der Waals surface area contributed by atoms with Crippen LogP contribution in [0.15, 0.2) is 23.1 Å². The molecular weight excluding hydrogens is 270 g/mol. The molecule has 1 atom stereocenters. The van der Waals surface area contributed by atoms with Crippen molar-refractivity contribution in [2.75, 3.05) is 23.8 Å². The molecule has 3 nitrogen and oxygen atoms in total. The van der Waals surface area contributed by atoms with Gasteiger partial charge in [-0.3, -0.25) is 4.79 Å². The summed E-state index contributed by atoms with van der Waals surface area (Å²) in [6, 6.07) is 5.72. The summed E-state index contributed by atoms with van der Waals surface area (Å²) in [5, 5.41) is 0.668. The Kier molecular flexibility index (Phi) is 3.50. The minimum Gasteiger partial charge on any atom is -0.376 e. The smallest absolute Gasteiger partial charge is 0.237 e. The number of ether oxygens (including phenoxy) is 1. The molecular formula is C13H14ClNO2S. The minimum atomic E-state index is 0.144. The number of halogens is 1. The second kappa shape index (κ2) is 5.11. The first-order valence-electron chi connectivity index (χ1n) is 6.08. The van der Waals surface area contributed by atoms with Gasteiger partial charge in [0.05, 0.1) is 24.1 Å². The predicted molar refractivity (Wildman–Crippen MR) is 73.5 cm³/mol. The van der Waals surface area contributed by atoms with Gasteiger partial charge in [-0.05, 0) is 31.0 Å². The molecule has 1 unspecified atom stereocenters. The van der Waals surface area contributed by atoms with Gasteiger partial charge in [0.25, 0.3) is 0 Å². The van der Waals surface area contributed by atoms with Gasteiger partial charge in [0.15, 0.2) is 0 Å². The van der Waals surface area contributed by atoms with Crippen LogP contribution in [0.2, 0.25) is 5.02 Å². The van der Waals surface area contributed by atoms with E-state index in [0.29, 0.717) is 17.3 Å². The number of rotatable bonds is 2. The van der Waals surface area contributed by atoms with Crippen LogP contribution in [0.25, 0.3) is 0 Å².